The third-order valence-electron chi connectivity index (χ3n) is 3.42. The van der Waals surface area contributed by atoms with Gasteiger partial charge in [0.05, 0.1) is 16.9 Å². The number of thiazole rings is 1. The van der Waals surface area contributed by atoms with Gasteiger partial charge in [-0.1, -0.05) is 0 Å². The van der Waals surface area contributed by atoms with Crippen molar-refractivity contribution in [3.8, 4) is 0 Å². The molecule has 0 saturated carbocycles. The van der Waals surface area contributed by atoms with Crippen LogP contribution in [0.2, 0.25) is 0 Å². The monoisotopic (exact) mass is 276 g/mol. The van der Waals surface area contributed by atoms with Crippen molar-refractivity contribution in [2.45, 2.75) is 32.1 Å². The summed E-state index contributed by atoms with van der Waals surface area (Å²) in [6, 6.07) is 0. The Morgan fingerprint density at radius 2 is 2.42 bits per heavy atom. The molecule has 1 aliphatic rings. The lowest BCUT2D eigenvalue weighted by atomic mass is 10.2. The number of carbonyl (C=O) groups is 1. The number of nitrogens with zero attached hydrogens (tertiary/aromatic N) is 3. The minimum Gasteiger partial charge on any atom is -0.311 e. The summed E-state index contributed by atoms with van der Waals surface area (Å²) in [7, 11) is 1.88. The van der Waals surface area contributed by atoms with Gasteiger partial charge in [-0.3, -0.25) is 9.48 Å². The number of aromatic nitrogens is 3. The molecule has 3 rings (SSSR count). The van der Waals surface area contributed by atoms with Crippen LogP contribution in [0.1, 0.15) is 29.8 Å². The molecular formula is C13H16N4OS. The van der Waals surface area contributed by atoms with Crippen LogP contribution in [-0.4, -0.2) is 20.7 Å². The van der Waals surface area contributed by atoms with Crippen molar-refractivity contribution in [1.82, 2.24) is 14.8 Å². The first kappa shape index (κ1) is 12.3. The largest absolute Gasteiger partial charge is 0.311 e. The predicted molar refractivity (Wildman–Crippen MR) is 74.3 cm³/mol. The van der Waals surface area contributed by atoms with Crippen molar-refractivity contribution >= 4 is 23.1 Å². The molecule has 0 radical (unpaired) electrons. The standard InChI is InChI=1S/C13H16N4OS/c1-17-13(10-3-2-4-11(10)16-17)15-12(18)6-5-9-7-19-8-14-9/h7-8H,2-6H2,1H3,(H,15,18). The molecule has 0 unspecified atom stereocenters. The third kappa shape index (κ3) is 2.53. The third-order valence-corrected chi connectivity index (χ3v) is 4.05. The van der Waals surface area contributed by atoms with E-state index in [2.05, 4.69) is 15.4 Å². The molecule has 2 aromatic heterocycles. The molecule has 0 spiro atoms. The number of aryl methyl sites for hydroxylation is 3. The van der Waals surface area contributed by atoms with Crippen LogP contribution >= 0.6 is 11.3 Å². The fourth-order valence-electron chi connectivity index (χ4n) is 2.47. The molecule has 0 aliphatic heterocycles. The molecule has 1 N–H and O–H groups in total. The lowest BCUT2D eigenvalue weighted by molar-refractivity contribution is -0.116. The van der Waals surface area contributed by atoms with E-state index in [1.807, 2.05) is 12.4 Å². The fourth-order valence-corrected chi connectivity index (χ4v) is 3.07. The highest BCUT2D eigenvalue weighted by atomic mass is 32.1. The number of nitrogens with one attached hydrogen (secondary N) is 1. The van der Waals surface area contributed by atoms with E-state index in [1.54, 1.807) is 21.5 Å². The molecule has 0 saturated heterocycles. The van der Waals surface area contributed by atoms with Crippen LogP contribution in [0.4, 0.5) is 5.82 Å². The molecule has 100 valence electrons. The maximum Gasteiger partial charge on any atom is 0.225 e. The minimum absolute atomic E-state index is 0.0331. The summed E-state index contributed by atoms with van der Waals surface area (Å²) in [5.74, 6) is 0.904. The molecule has 19 heavy (non-hydrogen) atoms. The Hall–Kier alpha value is -1.69. The van der Waals surface area contributed by atoms with Crippen LogP contribution in [0.25, 0.3) is 0 Å². The quantitative estimate of drug-likeness (QED) is 0.928. The second-order valence-electron chi connectivity index (χ2n) is 4.78. The first-order valence-corrected chi connectivity index (χ1v) is 7.40. The van der Waals surface area contributed by atoms with E-state index in [1.165, 1.54) is 5.56 Å². The highest BCUT2D eigenvalue weighted by Gasteiger charge is 2.21. The van der Waals surface area contributed by atoms with Gasteiger partial charge in [-0.15, -0.1) is 11.3 Å². The molecule has 0 bridgehead atoms. The zero-order valence-corrected chi connectivity index (χ0v) is 11.7. The lowest BCUT2D eigenvalue weighted by Crippen LogP contribution is -2.16. The van der Waals surface area contributed by atoms with Gasteiger partial charge in [0.15, 0.2) is 0 Å². The maximum atomic E-state index is 12.0. The second kappa shape index (κ2) is 5.13. The molecule has 0 fully saturated rings. The van der Waals surface area contributed by atoms with Crippen LogP contribution in [0, 0.1) is 0 Å². The Labute approximate surface area is 115 Å². The number of hydrogen-bond acceptors (Lipinski definition) is 4. The Morgan fingerprint density at radius 1 is 1.53 bits per heavy atom. The van der Waals surface area contributed by atoms with Gasteiger partial charge in [0.25, 0.3) is 0 Å². The zero-order chi connectivity index (χ0) is 13.2. The van der Waals surface area contributed by atoms with Gasteiger partial charge < -0.3 is 5.32 Å². The smallest absolute Gasteiger partial charge is 0.225 e. The van der Waals surface area contributed by atoms with Gasteiger partial charge in [0.2, 0.25) is 5.91 Å². The SMILES string of the molecule is Cn1nc2c(c1NC(=O)CCc1cscn1)CCC2. The summed E-state index contributed by atoms with van der Waals surface area (Å²) in [5.41, 5.74) is 5.12. The number of rotatable bonds is 4. The predicted octanol–water partition coefficient (Wildman–Crippen LogP) is 1.94. The van der Waals surface area contributed by atoms with Crippen molar-refractivity contribution in [3.63, 3.8) is 0 Å². The molecule has 5 nitrogen and oxygen atoms in total. The minimum atomic E-state index is 0.0331. The van der Waals surface area contributed by atoms with E-state index in [4.69, 9.17) is 0 Å². The topological polar surface area (TPSA) is 59.8 Å². The Bertz CT molecular complexity index is 588. The normalized spacial score (nSPS) is 13.5. The van der Waals surface area contributed by atoms with Gasteiger partial charge in [0, 0.05) is 24.4 Å². The molecule has 1 amide bonds. The van der Waals surface area contributed by atoms with Crippen molar-refractivity contribution in [2.75, 3.05) is 5.32 Å². The van der Waals surface area contributed by atoms with Gasteiger partial charge >= 0.3 is 0 Å². The van der Waals surface area contributed by atoms with Crippen LogP contribution < -0.4 is 5.32 Å². The molecular weight excluding hydrogens is 260 g/mol. The van der Waals surface area contributed by atoms with E-state index in [9.17, 15) is 4.79 Å². The summed E-state index contributed by atoms with van der Waals surface area (Å²) in [6.07, 6.45) is 4.34. The molecule has 6 heteroatoms. The Balaban J connectivity index is 1.63. The highest BCUT2D eigenvalue weighted by molar-refractivity contribution is 7.07. The number of hydrogen-bond donors (Lipinski definition) is 1. The van der Waals surface area contributed by atoms with Crippen LogP contribution in [0.15, 0.2) is 10.9 Å². The van der Waals surface area contributed by atoms with E-state index < -0.39 is 0 Å². The second-order valence-corrected chi connectivity index (χ2v) is 5.50. The van der Waals surface area contributed by atoms with Crippen LogP contribution in [-0.2, 0) is 31.1 Å². The summed E-state index contributed by atoms with van der Waals surface area (Å²) in [4.78, 5) is 16.2. The number of carbonyl (C=O) groups excluding carboxylic acids is 1. The first-order chi connectivity index (χ1) is 9.24. The molecule has 0 aromatic carbocycles. The zero-order valence-electron chi connectivity index (χ0n) is 10.8. The number of amides is 1. The van der Waals surface area contributed by atoms with Crippen molar-refractivity contribution in [1.29, 1.82) is 0 Å². The molecule has 2 heterocycles. The van der Waals surface area contributed by atoms with E-state index in [-0.39, 0.29) is 5.91 Å². The fraction of sp³-hybridized carbons (Fsp3) is 0.462. The van der Waals surface area contributed by atoms with Crippen molar-refractivity contribution < 1.29 is 4.79 Å². The summed E-state index contributed by atoms with van der Waals surface area (Å²) in [6.45, 7) is 0. The summed E-state index contributed by atoms with van der Waals surface area (Å²) in [5, 5.41) is 9.42. The Kier molecular flexibility index (Phi) is 3.33. The summed E-state index contributed by atoms with van der Waals surface area (Å²) >= 11 is 1.56. The van der Waals surface area contributed by atoms with Gasteiger partial charge in [-0.25, -0.2) is 4.98 Å². The molecule has 1 aliphatic carbocycles. The van der Waals surface area contributed by atoms with Gasteiger partial charge in [-0.2, -0.15) is 5.10 Å². The average Bonchev–Trinajstić information content (AvgIpc) is 3.07. The number of anilines is 1. The molecule has 2 aromatic rings. The first-order valence-electron chi connectivity index (χ1n) is 6.45. The van der Waals surface area contributed by atoms with Gasteiger partial charge in [0.1, 0.15) is 5.82 Å². The van der Waals surface area contributed by atoms with Gasteiger partial charge in [-0.05, 0) is 25.7 Å². The van der Waals surface area contributed by atoms with Crippen molar-refractivity contribution in [2.24, 2.45) is 7.05 Å². The van der Waals surface area contributed by atoms with E-state index in [0.29, 0.717) is 12.8 Å². The van der Waals surface area contributed by atoms with Crippen LogP contribution in [0.3, 0.4) is 0 Å². The maximum absolute atomic E-state index is 12.0. The van der Waals surface area contributed by atoms with E-state index >= 15 is 0 Å². The Morgan fingerprint density at radius 3 is 3.21 bits per heavy atom. The lowest BCUT2D eigenvalue weighted by Gasteiger charge is -2.07. The number of fused-ring (bicyclic) bond motifs is 1. The highest BCUT2D eigenvalue weighted by Crippen LogP contribution is 2.28. The van der Waals surface area contributed by atoms with Crippen molar-refractivity contribution in [3.05, 3.63) is 27.8 Å². The molecule has 0 atom stereocenters. The average molecular weight is 276 g/mol. The van der Waals surface area contributed by atoms with Crippen LogP contribution in [0.5, 0.6) is 0 Å². The van der Waals surface area contributed by atoms with E-state index in [0.717, 1.165) is 36.5 Å². The summed E-state index contributed by atoms with van der Waals surface area (Å²) < 4.78 is 1.78.